The molecule has 1 N–H and O–H groups in total. The van der Waals surface area contributed by atoms with Crippen molar-refractivity contribution in [2.24, 2.45) is 5.92 Å². The highest BCUT2D eigenvalue weighted by atomic mass is 19.3. The molecule has 1 rings (SSSR count). The molecule has 1 aliphatic rings. The minimum Gasteiger partial charge on any atom is -0.310 e. The molecule has 1 fully saturated rings. The van der Waals surface area contributed by atoms with E-state index in [1.54, 1.807) is 0 Å². The van der Waals surface area contributed by atoms with Crippen LogP contribution in [0.1, 0.15) is 46.0 Å². The summed E-state index contributed by atoms with van der Waals surface area (Å²) in [5.41, 5.74) is 1.07. The minimum atomic E-state index is -2.43. The van der Waals surface area contributed by atoms with Crippen molar-refractivity contribution in [2.45, 2.75) is 57.9 Å². The van der Waals surface area contributed by atoms with Gasteiger partial charge in [-0.25, -0.2) is 8.78 Å². The Balaban J connectivity index is 2.50. The highest BCUT2D eigenvalue weighted by Gasteiger charge is 2.37. The topological polar surface area (TPSA) is 12.0 Å². The van der Waals surface area contributed by atoms with Gasteiger partial charge in [0.15, 0.2) is 0 Å². The fourth-order valence-electron chi connectivity index (χ4n) is 2.44. The molecule has 16 heavy (non-hydrogen) atoms. The molecular weight excluding hydrogens is 208 g/mol. The Morgan fingerprint density at radius 2 is 2.00 bits per heavy atom. The molecule has 1 unspecified atom stereocenters. The summed E-state index contributed by atoms with van der Waals surface area (Å²) in [5.74, 6) is -2.09. The number of hydrogen-bond acceptors (Lipinski definition) is 1. The summed E-state index contributed by atoms with van der Waals surface area (Å²) in [7, 11) is 0. The van der Waals surface area contributed by atoms with Crippen LogP contribution >= 0.6 is 0 Å². The number of alkyl halides is 2. The normalized spacial score (nSPS) is 23.0. The molecule has 0 heterocycles. The van der Waals surface area contributed by atoms with Crippen molar-refractivity contribution in [3.05, 3.63) is 12.2 Å². The van der Waals surface area contributed by atoms with E-state index in [9.17, 15) is 8.78 Å². The number of rotatable bonds is 5. The maximum Gasteiger partial charge on any atom is 0.248 e. The van der Waals surface area contributed by atoms with Crippen molar-refractivity contribution < 1.29 is 8.78 Å². The van der Waals surface area contributed by atoms with Gasteiger partial charge in [0.05, 0.1) is 0 Å². The van der Waals surface area contributed by atoms with Crippen LogP contribution in [0.3, 0.4) is 0 Å². The summed E-state index contributed by atoms with van der Waals surface area (Å²) in [6.45, 7) is 9.00. The Morgan fingerprint density at radius 3 is 2.44 bits per heavy atom. The standard InChI is InChI=1S/C13H23F2N/c1-4-9-16-12(10(2)3)11-5-7-13(14,15)8-6-11/h11-12,16H,2,4-9H2,1,3H3. The predicted molar refractivity (Wildman–Crippen MR) is 63.8 cm³/mol. The minimum absolute atomic E-state index is 0.0370. The van der Waals surface area contributed by atoms with Gasteiger partial charge in [-0.1, -0.05) is 19.1 Å². The molecule has 1 saturated carbocycles. The Bertz CT molecular complexity index is 228. The number of halogens is 2. The lowest BCUT2D eigenvalue weighted by Gasteiger charge is -2.34. The molecule has 0 spiro atoms. The molecule has 1 aliphatic carbocycles. The maximum absolute atomic E-state index is 13.1. The van der Waals surface area contributed by atoms with Gasteiger partial charge in [-0.3, -0.25) is 0 Å². The Morgan fingerprint density at radius 1 is 1.44 bits per heavy atom. The second-order valence-electron chi connectivity index (χ2n) is 4.97. The van der Waals surface area contributed by atoms with Crippen LogP contribution in [0.2, 0.25) is 0 Å². The number of nitrogens with one attached hydrogen (secondary N) is 1. The Kier molecular flexibility index (Phi) is 4.90. The Hall–Kier alpha value is -0.440. The highest BCUT2D eigenvalue weighted by molar-refractivity contribution is 5.05. The van der Waals surface area contributed by atoms with Crippen LogP contribution < -0.4 is 5.32 Å². The SMILES string of the molecule is C=C(C)C(NCCC)C1CCC(F)(F)CC1. The summed E-state index contributed by atoms with van der Waals surface area (Å²) in [4.78, 5) is 0. The summed E-state index contributed by atoms with van der Waals surface area (Å²) < 4.78 is 26.1. The molecule has 94 valence electrons. The first-order valence-corrected chi connectivity index (χ1v) is 6.23. The van der Waals surface area contributed by atoms with Gasteiger partial charge in [0.25, 0.3) is 0 Å². The molecule has 1 nitrogen and oxygen atoms in total. The fourth-order valence-corrected chi connectivity index (χ4v) is 2.44. The zero-order valence-electron chi connectivity index (χ0n) is 10.4. The van der Waals surface area contributed by atoms with Gasteiger partial charge < -0.3 is 5.32 Å². The molecule has 3 heteroatoms. The fraction of sp³-hybridized carbons (Fsp3) is 0.846. The number of hydrogen-bond donors (Lipinski definition) is 1. The van der Waals surface area contributed by atoms with Crippen LogP contribution in [-0.4, -0.2) is 18.5 Å². The third kappa shape index (κ3) is 3.85. The molecule has 0 aromatic carbocycles. The van der Waals surface area contributed by atoms with Crippen molar-refractivity contribution in [2.75, 3.05) is 6.54 Å². The van der Waals surface area contributed by atoms with Gasteiger partial charge in [-0.15, -0.1) is 0 Å². The summed E-state index contributed by atoms with van der Waals surface area (Å²) in [5, 5.41) is 3.42. The van der Waals surface area contributed by atoms with E-state index in [0.717, 1.165) is 18.5 Å². The largest absolute Gasteiger partial charge is 0.310 e. The van der Waals surface area contributed by atoms with E-state index in [4.69, 9.17) is 0 Å². The predicted octanol–water partition coefficient (Wildman–Crippen LogP) is 3.76. The molecule has 0 amide bonds. The monoisotopic (exact) mass is 231 g/mol. The maximum atomic E-state index is 13.1. The quantitative estimate of drug-likeness (QED) is 0.710. The van der Waals surface area contributed by atoms with Crippen LogP contribution in [0, 0.1) is 5.92 Å². The van der Waals surface area contributed by atoms with Gasteiger partial charge in [0.2, 0.25) is 5.92 Å². The molecule has 0 aromatic rings. The molecule has 0 aliphatic heterocycles. The van der Waals surface area contributed by atoms with Crippen LogP contribution in [0.15, 0.2) is 12.2 Å². The average Bonchev–Trinajstić information content (AvgIpc) is 2.20. The zero-order chi connectivity index (χ0) is 12.2. The van der Waals surface area contributed by atoms with Gasteiger partial charge >= 0.3 is 0 Å². The molecule has 0 radical (unpaired) electrons. The summed E-state index contributed by atoms with van der Waals surface area (Å²) in [6.07, 6.45) is 2.36. The molecule has 0 bridgehead atoms. The van der Waals surface area contributed by atoms with E-state index >= 15 is 0 Å². The van der Waals surface area contributed by atoms with Crippen molar-refractivity contribution >= 4 is 0 Å². The van der Waals surface area contributed by atoms with Gasteiger partial charge in [-0.2, -0.15) is 0 Å². The van der Waals surface area contributed by atoms with Crippen molar-refractivity contribution in [1.82, 2.24) is 5.32 Å². The van der Waals surface area contributed by atoms with Crippen LogP contribution in [0.4, 0.5) is 8.78 Å². The van der Waals surface area contributed by atoms with Crippen LogP contribution in [-0.2, 0) is 0 Å². The lowest BCUT2D eigenvalue weighted by Crippen LogP contribution is -2.40. The van der Waals surface area contributed by atoms with Gasteiger partial charge in [-0.05, 0) is 38.6 Å². The first kappa shape index (κ1) is 13.6. The molecular formula is C13H23F2N. The lowest BCUT2D eigenvalue weighted by molar-refractivity contribution is -0.0482. The van der Waals surface area contributed by atoms with E-state index in [2.05, 4.69) is 18.8 Å². The van der Waals surface area contributed by atoms with E-state index in [-0.39, 0.29) is 18.9 Å². The van der Waals surface area contributed by atoms with E-state index < -0.39 is 5.92 Å². The smallest absolute Gasteiger partial charge is 0.248 e. The first-order chi connectivity index (χ1) is 7.46. The van der Waals surface area contributed by atoms with Crippen LogP contribution in [0.5, 0.6) is 0 Å². The van der Waals surface area contributed by atoms with E-state index in [1.165, 1.54) is 0 Å². The lowest BCUT2D eigenvalue weighted by atomic mass is 9.80. The van der Waals surface area contributed by atoms with Crippen molar-refractivity contribution in [1.29, 1.82) is 0 Å². The second-order valence-corrected chi connectivity index (χ2v) is 4.97. The first-order valence-electron chi connectivity index (χ1n) is 6.23. The van der Waals surface area contributed by atoms with Crippen LogP contribution in [0.25, 0.3) is 0 Å². The molecule has 0 aromatic heterocycles. The Labute approximate surface area is 97.3 Å². The van der Waals surface area contributed by atoms with Gasteiger partial charge in [0, 0.05) is 18.9 Å². The van der Waals surface area contributed by atoms with E-state index in [1.807, 2.05) is 6.92 Å². The third-order valence-corrected chi connectivity index (χ3v) is 3.38. The zero-order valence-corrected chi connectivity index (χ0v) is 10.4. The highest BCUT2D eigenvalue weighted by Crippen LogP contribution is 2.38. The van der Waals surface area contributed by atoms with Gasteiger partial charge in [0.1, 0.15) is 0 Å². The molecule has 1 atom stereocenters. The summed E-state index contributed by atoms with van der Waals surface area (Å²) >= 11 is 0. The third-order valence-electron chi connectivity index (χ3n) is 3.38. The van der Waals surface area contributed by atoms with Crippen molar-refractivity contribution in [3.63, 3.8) is 0 Å². The van der Waals surface area contributed by atoms with E-state index in [0.29, 0.717) is 18.8 Å². The average molecular weight is 231 g/mol. The van der Waals surface area contributed by atoms with Crippen molar-refractivity contribution in [3.8, 4) is 0 Å². The summed E-state index contributed by atoms with van der Waals surface area (Å²) in [6, 6.07) is 0.219. The second kappa shape index (κ2) is 5.76. The molecule has 0 saturated heterocycles.